The fourth-order valence-electron chi connectivity index (χ4n) is 4.43. The molecule has 2 aromatic carbocycles. The molecule has 0 aromatic heterocycles. The summed E-state index contributed by atoms with van der Waals surface area (Å²) in [7, 11) is 0. The zero-order valence-corrected chi connectivity index (χ0v) is 18.6. The number of fused-ring (bicyclic) bond motifs is 2. The average molecular weight is 437 g/mol. The van der Waals surface area contributed by atoms with Gasteiger partial charge < -0.3 is 24.4 Å². The Kier molecular flexibility index (Phi) is 4.80. The third kappa shape index (κ3) is 3.66. The van der Waals surface area contributed by atoms with Crippen LogP contribution in [0.4, 0.5) is 0 Å². The number of likely N-dealkylation sites (tertiary alicyclic amines) is 1. The van der Waals surface area contributed by atoms with E-state index in [-0.39, 0.29) is 23.8 Å². The Bertz CT molecular complexity index is 1070. The van der Waals surface area contributed by atoms with Gasteiger partial charge in [0.05, 0.1) is 5.56 Å². The zero-order valence-electron chi connectivity index (χ0n) is 18.6. The van der Waals surface area contributed by atoms with Crippen LogP contribution in [0.5, 0.6) is 17.2 Å². The first-order valence-electron chi connectivity index (χ1n) is 11.1. The molecule has 0 radical (unpaired) electrons. The van der Waals surface area contributed by atoms with Crippen molar-refractivity contribution in [2.45, 2.75) is 50.9 Å². The number of hydrogen-bond acceptors (Lipinski definition) is 5. The molecule has 1 atom stereocenters. The molecule has 1 N–H and O–H groups in total. The van der Waals surface area contributed by atoms with Crippen LogP contribution in [0, 0.1) is 0 Å². The number of rotatable bonds is 1. The highest BCUT2D eigenvalue weighted by molar-refractivity contribution is 5.98. The van der Waals surface area contributed by atoms with Crippen molar-refractivity contribution < 1.29 is 23.8 Å². The van der Waals surface area contributed by atoms with E-state index in [2.05, 4.69) is 26.1 Å². The van der Waals surface area contributed by atoms with Crippen LogP contribution in [-0.2, 0) is 10.2 Å². The summed E-state index contributed by atoms with van der Waals surface area (Å²) in [6.07, 6.45) is 0.343. The maximum absolute atomic E-state index is 13.1. The van der Waals surface area contributed by atoms with Gasteiger partial charge in [-0.3, -0.25) is 9.59 Å². The van der Waals surface area contributed by atoms with E-state index < -0.39 is 11.8 Å². The van der Waals surface area contributed by atoms with Crippen molar-refractivity contribution in [2.24, 2.45) is 0 Å². The molecule has 0 bridgehead atoms. The van der Waals surface area contributed by atoms with Gasteiger partial charge in [-0.25, -0.2) is 0 Å². The predicted molar refractivity (Wildman–Crippen MR) is 118 cm³/mol. The van der Waals surface area contributed by atoms with Crippen molar-refractivity contribution >= 4 is 11.8 Å². The van der Waals surface area contributed by atoms with Gasteiger partial charge in [0.1, 0.15) is 12.4 Å². The Morgan fingerprint density at radius 1 is 1.06 bits per heavy atom. The summed E-state index contributed by atoms with van der Waals surface area (Å²) in [6, 6.07) is 13.1. The fraction of sp³-hybridized carbons (Fsp3) is 0.440. The molecule has 2 amide bonds. The van der Waals surface area contributed by atoms with Gasteiger partial charge in [0.15, 0.2) is 17.2 Å². The van der Waals surface area contributed by atoms with Gasteiger partial charge in [0.25, 0.3) is 11.8 Å². The lowest BCUT2D eigenvalue weighted by atomic mass is 9.87. The molecule has 3 heterocycles. The van der Waals surface area contributed by atoms with E-state index in [1.165, 1.54) is 0 Å². The van der Waals surface area contributed by atoms with Crippen molar-refractivity contribution in [3.8, 4) is 17.2 Å². The number of piperidine rings is 1. The minimum atomic E-state index is -0.776. The second kappa shape index (κ2) is 7.43. The largest absolute Gasteiger partial charge is 0.485 e. The first-order chi connectivity index (χ1) is 15.2. The van der Waals surface area contributed by atoms with Crippen molar-refractivity contribution in [2.75, 3.05) is 19.7 Å². The Morgan fingerprint density at radius 2 is 1.81 bits per heavy atom. The number of nitrogens with one attached hydrogen (secondary N) is 1. The molecule has 7 nitrogen and oxygen atoms in total. The van der Waals surface area contributed by atoms with E-state index >= 15 is 0 Å². The lowest BCUT2D eigenvalue weighted by molar-refractivity contribution is -0.145. The number of carbonyl (C=O) groups is 2. The first-order valence-corrected chi connectivity index (χ1v) is 11.1. The van der Waals surface area contributed by atoms with Crippen LogP contribution in [0.25, 0.3) is 0 Å². The fourth-order valence-corrected chi connectivity index (χ4v) is 4.43. The molecule has 1 fully saturated rings. The number of ether oxygens (including phenoxy) is 3. The van der Waals surface area contributed by atoms with Crippen LogP contribution in [0.3, 0.4) is 0 Å². The predicted octanol–water partition coefficient (Wildman–Crippen LogP) is 3.27. The number of hydrogen-bond donors (Lipinski definition) is 1. The lowest BCUT2D eigenvalue weighted by Crippen LogP contribution is -2.62. The molecule has 1 unspecified atom stereocenters. The highest BCUT2D eigenvalue weighted by Gasteiger charge is 2.44. The van der Waals surface area contributed by atoms with E-state index in [1.807, 2.05) is 36.4 Å². The Hall–Kier alpha value is -3.22. The Balaban J connectivity index is 1.24. The monoisotopic (exact) mass is 436 g/mol. The zero-order chi connectivity index (χ0) is 22.5. The highest BCUT2D eigenvalue weighted by atomic mass is 16.6. The quantitative estimate of drug-likeness (QED) is 0.743. The molecular weight excluding hydrogens is 408 g/mol. The Morgan fingerprint density at radius 3 is 2.56 bits per heavy atom. The second-order valence-corrected chi connectivity index (χ2v) is 9.70. The van der Waals surface area contributed by atoms with Crippen LogP contribution in [0.15, 0.2) is 42.5 Å². The van der Waals surface area contributed by atoms with Crippen LogP contribution < -0.4 is 19.5 Å². The summed E-state index contributed by atoms with van der Waals surface area (Å²) in [5.74, 6) is 1.62. The SMILES string of the molecule is CC(C)(C)c1ccc2c(c1)OCC(C(=O)N1CCC3(CC1)NC(=O)c1ccccc1O3)O2. The van der Waals surface area contributed by atoms with Gasteiger partial charge in [-0.1, -0.05) is 39.0 Å². The summed E-state index contributed by atoms with van der Waals surface area (Å²) in [5, 5.41) is 3.00. The molecule has 5 rings (SSSR count). The molecule has 3 aliphatic heterocycles. The summed E-state index contributed by atoms with van der Waals surface area (Å²) in [5.41, 5.74) is 0.924. The summed E-state index contributed by atoms with van der Waals surface area (Å²) < 4.78 is 18.1. The molecule has 168 valence electrons. The van der Waals surface area contributed by atoms with Crippen molar-refractivity contribution in [3.63, 3.8) is 0 Å². The maximum atomic E-state index is 13.1. The van der Waals surface area contributed by atoms with Crippen LogP contribution in [-0.4, -0.2) is 48.2 Å². The topological polar surface area (TPSA) is 77.1 Å². The minimum absolute atomic E-state index is 0.00589. The van der Waals surface area contributed by atoms with E-state index in [9.17, 15) is 9.59 Å². The number of carbonyl (C=O) groups excluding carboxylic acids is 2. The van der Waals surface area contributed by atoms with Crippen LogP contribution >= 0.6 is 0 Å². The molecule has 3 aliphatic rings. The van der Waals surface area contributed by atoms with Gasteiger partial charge in [0.2, 0.25) is 6.10 Å². The summed E-state index contributed by atoms with van der Waals surface area (Å²) in [6.45, 7) is 7.55. The van der Waals surface area contributed by atoms with Crippen molar-refractivity contribution in [1.29, 1.82) is 0 Å². The van der Waals surface area contributed by atoms with E-state index in [4.69, 9.17) is 14.2 Å². The number of para-hydroxylation sites is 1. The number of benzene rings is 2. The minimum Gasteiger partial charge on any atom is -0.485 e. The first kappa shape index (κ1) is 20.7. The average Bonchev–Trinajstić information content (AvgIpc) is 2.78. The van der Waals surface area contributed by atoms with E-state index in [0.717, 1.165) is 5.56 Å². The van der Waals surface area contributed by atoms with Crippen molar-refractivity contribution in [1.82, 2.24) is 10.2 Å². The number of nitrogens with zero attached hydrogens (tertiary/aromatic N) is 1. The molecule has 0 saturated carbocycles. The highest BCUT2D eigenvalue weighted by Crippen LogP contribution is 2.37. The second-order valence-electron chi connectivity index (χ2n) is 9.70. The molecule has 2 aromatic rings. The standard InChI is InChI=1S/C25H28N2O5/c1-24(2,3)16-8-9-19-20(14-16)30-15-21(31-19)23(29)27-12-10-25(11-13-27)26-22(28)17-6-4-5-7-18(17)32-25/h4-9,14,21H,10-13,15H2,1-3H3,(H,26,28). The third-order valence-corrected chi connectivity index (χ3v) is 6.41. The molecule has 32 heavy (non-hydrogen) atoms. The van der Waals surface area contributed by atoms with Gasteiger partial charge in [-0.2, -0.15) is 0 Å². The summed E-state index contributed by atoms with van der Waals surface area (Å²) >= 11 is 0. The normalized spacial score (nSPS) is 21.4. The maximum Gasteiger partial charge on any atom is 0.267 e. The van der Waals surface area contributed by atoms with Crippen LogP contribution in [0.2, 0.25) is 0 Å². The molecule has 1 spiro atoms. The molecule has 7 heteroatoms. The molecular formula is C25H28N2O5. The Labute approximate surface area is 187 Å². The van der Waals surface area contributed by atoms with Crippen molar-refractivity contribution in [3.05, 3.63) is 53.6 Å². The van der Waals surface area contributed by atoms with E-state index in [0.29, 0.717) is 48.7 Å². The molecule has 0 aliphatic carbocycles. The molecule has 1 saturated heterocycles. The lowest BCUT2D eigenvalue weighted by Gasteiger charge is -2.45. The van der Waals surface area contributed by atoms with Gasteiger partial charge in [-0.05, 0) is 35.2 Å². The smallest absolute Gasteiger partial charge is 0.267 e. The van der Waals surface area contributed by atoms with Gasteiger partial charge in [-0.15, -0.1) is 0 Å². The van der Waals surface area contributed by atoms with E-state index in [1.54, 1.807) is 11.0 Å². The van der Waals surface area contributed by atoms with Crippen LogP contribution in [0.1, 0.15) is 49.5 Å². The van der Waals surface area contributed by atoms with Gasteiger partial charge in [0, 0.05) is 25.9 Å². The summed E-state index contributed by atoms with van der Waals surface area (Å²) in [4.78, 5) is 27.4. The number of amides is 2. The van der Waals surface area contributed by atoms with Gasteiger partial charge >= 0.3 is 0 Å². The third-order valence-electron chi connectivity index (χ3n) is 6.41.